The fourth-order valence-electron chi connectivity index (χ4n) is 5.36. The molecule has 2 rings (SSSR count). The van der Waals surface area contributed by atoms with Gasteiger partial charge >= 0.3 is 0 Å². The molecule has 0 radical (unpaired) electrons. The predicted molar refractivity (Wildman–Crippen MR) is 175 cm³/mol. The van der Waals surface area contributed by atoms with Gasteiger partial charge in [-0.3, -0.25) is 4.79 Å². The molecule has 2 aromatic carbocycles. The zero-order valence-electron chi connectivity index (χ0n) is 26.0. The molecular weight excluding hydrogens is 506 g/mol. The number of anilines is 1. The maximum atomic E-state index is 13.0. The Morgan fingerprint density at radius 2 is 1.15 bits per heavy atom. The monoisotopic (exact) mass is 563 g/mol. The first-order valence-electron chi connectivity index (χ1n) is 16.5. The number of ketones is 1. The third-order valence-electron chi connectivity index (χ3n) is 7.91. The Morgan fingerprint density at radius 3 is 1.59 bits per heavy atom. The number of benzene rings is 2. The highest BCUT2D eigenvalue weighted by Crippen LogP contribution is 2.24. The fourth-order valence-corrected chi connectivity index (χ4v) is 5.36. The molecule has 3 N–H and O–H groups in total. The van der Waals surface area contributed by atoms with Crippen LogP contribution in [0.1, 0.15) is 145 Å². The van der Waals surface area contributed by atoms with Crippen LogP contribution in [0.15, 0.2) is 60.7 Å². The number of rotatable bonds is 24. The second-order valence-electron chi connectivity index (χ2n) is 11.7. The van der Waals surface area contributed by atoms with Crippen molar-refractivity contribution in [1.82, 2.24) is 0 Å². The Kier molecular flexibility index (Phi) is 17.9. The lowest BCUT2D eigenvalue weighted by molar-refractivity contribution is -0.0629. The molecule has 0 aliphatic carbocycles. The van der Waals surface area contributed by atoms with Crippen LogP contribution in [0.5, 0.6) is 5.75 Å². The summed E-state index contributed by atoms with van der Waals surface area (Å²) in [5, 5.41) is 11.0. The normalized spacial score (nSPS) is 13.0. The van der Waals surface area contributed by atoms with E-state index < -0.39 is 11.6 Å². The van der Waals surface area contributed by atoms with E-state index in [1.54, 1.807) is 37.3 Å². The Labute approximate surface area is 250 Å². The summed E-state index contributed by atoms with van der Waals surface area (Å²) in [4.78, 5) is 13.0. The molecule has 0 bridgehead atoms. The van der Waals surface area contributed by atoms with E-state index in [-0.39, 0.29) is 0 Å². The molecule has 0 fully saturated rings. The molecule has 0 aliphatic heterocycles. The van der Waals surface area contributed by atoms with Gasteiger partial charge in [-0.2, -0.15) is 0 Å². The first-order chi connectivity index (χ1) is 20.0. The number of ether oxygens (including phenoxy) is 1. The van der Waals surface area contributed by atoms with E-state index in [1.165, 1.54) is 127 Å². The zero-order chi connectivity index (χ0) is 29.6. The molecule has 2 aromatic rings. The van der Waals surface area contributed by atoms with Gasteiger partial charge in [-0.1, -0.05) is 134 Å². The van der Waals surface area contributed by atoms with Crippen LogP contribution in [0.3, 0.4) is 0 Å². The number of aryl methyl sites for hydroxylation is 1. The Hall–Kier alpha value is -2.59. The van der Waals surface area contributed by atoms with Gasteiger partial charge in [-0.15, -0.1) is 0 Å². The van der Waals surface area contributed by atoms with E-state index in [4.69, 9.17) is 10.5 Å². The highest BCUT2D eigenvalue weighted by molar-refractivity contribution is 6.03. The fraction of sp³-hybridized carbons (Fsp3) is 0.595. The third kappa shape index (κ3) is 14.7. The summed E-state index contributed by atoms with van der Waals surface area (Å²) >= 11 is 0. The third-order valence-corrected chi connectivity index (χ3v) is 7.91. The topological polar surface area (TPSA) is 72.5 Å². The van der Waals surface area contributed by atoms with E-state index in [0.717, 1.165) is 6.42 Å². The number of unbranched alkanes of at least 4 members (excludes halogenated alkanes) is 17. The second kappa shape index (κ2) is 21.2. The molecule has 4 heteroatoms. The molecule has 1 unspecified atom stereocenters. The largest absolute Gasteiger partial charge is 0.451 e. The number of Topliss-reactive ketones (excluding diaryl/α,β-unsaturated/α-hetero) is 1. The first-order valence-corrected chi connectivity index (χ1v) is 16.5. The van der Waals surface area contributed by atoms with Crippen LogP contribution >= 0.6 is 0 Å². The van der Waals surface area contributed by atoms with Crippen molar-refractivity contribution in [2.24, 2.45) is 0 Å². The van der Waals surface area contributed by atoms with Gasteiger partial charge < -0.3 is 15.6 Å². The summed E-state index contributed by atoms with van der Waals surface area (Å²) in [6.07, 6.45) is 28.9. The minimum Gasteiger partial charge on any atom is -0.451 e. The van der Waals surface area contributed by atoms with Crippen LogP contribution in [0.2, 0.25) is 0 Å². The molecular formula is C37H57NO3. The van der Waals surface area contributed by atoms with Crippen molar-refractivity contribution >= 4 is 11.5 Å². The summed E-state index contributed by atoms with van der Waals surface area (Å²) in [6, 6.07) is 14.2. The zero-order valence-corrected chi connectivity index (χ0v) is 26.0. The summed E-state index contributed by atoms with van der Waals surface area (Å²) < 4.78 is 5.77. The first kappa shape index (κ1) is 34.6. The molecule has 0 saturated heterocycles. The maximum Gasteiger partial charge on any atom is 0.292 e. The second-order valence-corrected chi connectivity index (χ2v) is 11.7. The molecule has 1 atom stereocenters. The van der Waals surface area contributed by atoms with Gasteiger partial charge in [0.25, 0.3) is 5.79 Å². The molecule has 0 heterocycles. The molecule has 0 aromatic heterocycles. The number of carbonyl (C=O) groups excluding carboxylic acids is 1. The molecule has 4 nitrogen and oxygen atoms in total. The molecule has 41 heavy (non-hydrogen) atoms. The van der Waals surface area contributed by atoms with Gasteiger partial charge in [0.05, 0.1) is 0 Å². The molecule has 0 amide bonds. The average Bonchev–Trinajstić information content (AvgIpc) is 2.97. The number of hydrogen-bond donors (Lipinski definition) is 2. The van der Waals surface area contributed by atoms with Gasteiger partial charge in [0.15, 0.2) is 0 Å². The van der Waals surface area contributed by atoms with Gasteiger partial charge in [-0.05, 0) is 67.8 Å². The summed E-state index contributed by atoms with van der Waals surface area (Å²) in [6.45, 7) is 4.03. The number of nitrogen functional groups attached to an aromatic ring is 1. The van der Waals surface area contributed by atoms with Crippen LogP contribution in [0.25, 0.3) is 0 Å². The molecule has 228 valence electrons. The van der Waals surface area contributed by atoms with Gasteiger partial charge in [0.2, 0.25) is 5.78 Å². The average molecular weight is 564 g/mol. The SMILES string of the molecule is CC=CC(O)(Oc1ccc(CCCCCCCCCCCCCCCCCCCC)cc1)C(=O)c1ccc(N)cc1. The van der Waals surface area contributed by atoms with Crippen LogP contribution in [-0.4, -0.2) is 16.7 Å². The minimum absolute atomic E-state index is 0.338. The Morgan fingerprint density at radius 1 is 0.707 bits per heavy atom. The highest BCUT2D eigenvalue weighted by Gasteiger charge is 2.36. The number of allylic oxidation sites excluding steroid dienone is 1. The number of carbonyl (C=O) groups is 1. The smallest absolute Gasteiger partial charge is 0.292 e. The molecule has 0 spiro atoms. The van der Waals surface area contributed by atoms with Crippen molar-refractivity contribution in [2.75, 3.05) is 5.73 Å². The Balaban J connectivity index is 1.53. The quantitative estimate of drug-likeness (QED) is 0.0438. The summed E-state index contributed by atoms with van der Waals surface area (Å²) in [5.41, 5.74) is 7.86. The Bertz CT molecular complexity index is 967. The van der Waals surface area contributed by atoms with Crippen molar-refractivity contribution in [3.05, 3.63) is 71.8 Å². The summed E-state index contributed by atoms with van der Waals surface area (Å²) in [5.74, 6) is -2.14. The van der Waals surface area contributed by atoms with Crippen molar-refractivity contribution < 1.29 is 14.6 Å². The van der Waals surface area contributed by atoms with E-state index in [1.807, 2.05) is 24.3 Å². The van der Waals surface area contributed by atoms with Crippen LogP contribution < -0.4 is 10.5 Å². The number of nitrogens with two attached hydrogens (primary N) is 1. The lowest BCUT2D eigenvalue weighted by Gasteiger charge is -2.24. The van der Waals surface area contributed by atoms with Gasteiger partial charge in [-0.25, -0.2) is 0 Å². The van der Waals surface area contributed by atoms with Crippen LogP contribution in [0.4, 0.5) is 5.69 Å². The van der Waals surface area contributed by atoms with E-state index >= 15 is 0 Å². The van der Waals surface area contributed by atoms with Crippen molar-refractivity contribution in [2.45, 2.75) is 142 Å². The number of aliphatic hydroxyl groups is 1. The van der Waals surface area contributed by atoms with E-state index in [2.05, 4.69) is 6.92 Å². The van der Waals surface area contributed by atoms with Gasteiger partial charge in [0, 0.05) is 11.3 Å². The van der Waals surface area contributed by atoms with Crippen molar-refractivity contribution in [3.8, 4) is 5.75 Å². The lowest BCUT2D eigenvalue weighted by Crippen LogP contribution is -2.42. The van der Waals surface area contributed by atoms with Crippen LogP contribution in [0, 0.1) is 0 Å². The minimum atomic E-state index is -2.07. The van der Waals surface area contributed by atoms with Gasteiger partial charge in [0.1, 0.15) is 5.75 Å². The van der Waals surface area contributed by atoms with Crippen molar-refractivity contribution in [1.29, 1.82) is 0 Å². The molecule has 0 saturated carbocycles. The highest BCUT2D eigenvalue weighted by atomic mass is 16.6. The predicted octanol–water partition coefficient (Wildman–Crippen LogP) is 10.4. The lowest BCUT2D eigenvalue weighted by atomic mass is 10.0. The standard InChI is InChI=1S/C37H57NO3/c1-3-5-6-7-8-9-10-11-12-13-14-15-16-17-18-19-20-21-22-32-23-29-35(30-24-32)41-37(40,31-4-2)36(39)33-25-27-34(38)28-26-33/h4,23-31,40H,3,5-22,38H2,1-2H3. The number of hydrogen-bond acceptors (Lipinski definition) is 4. The molecule has 0 aliphatic rings. The van der Waals surface area contributed by atoms with Crippen molar-refractivity contribution in [3.63, 3.8) is 0 Å². The maximum absolute atomic E-state index is 13.0. The summed E-state index contributed by atoms with van der Waals surface area (Å²) in [7, 11) is 0. The van der Waals surface area contributed by atoms with E-state index in [9.17, 15) is 9.90 Å². The van der Waals surface area contributed by atoms with Crippen LogP contribution in [-0.2, 0) is 6.42 Å². The van der Waals surface area contributed by atoms with E-state index in [0.29, 0.717) is 17.0 Å².